The molecule has 2 bridgehead atoms. The van der Waals surface area contributed by atoms with E-state index in [2.05, 4.69) is 23.3 Å². The van der Waals surface area contributed by atoms with Crippen molar-refractivity contribution in [1.29, 1.82) is 0 Å². The molecule has 24 heavy (non-hydrogen) atoms. The van der Waals surface area contributed by atoms with Crippen molar-refractivity contribution in [2.24, 2.45) is 41.4 Å². The van der Waals surface area contributed by atoms with E-state index in [0.29, 0.717) is 37.2 Å². The molecule has 0 amide bonds. The quantitative estimate of drug-likeness (QED) is 0.436. The highest BCUT2D eigenvalue weighted by Crippen LogP contribution is 2.67. The summed E-state index contributed by atoms with van der Waals surface area (Å²) in [6.07, 6.45) is -8.14. The number of hydrogen-bond acceptors (Lipinski definition) is 3. The summed E-state index contributed by atoms with van der Waals surface area (Å²) in [5.74, 6) is -4.24. The summed E-state index contributed by atoms with van der Waals surface area (Å²) >= 11 is 0. The maximum absolute atomic E-state index is 13.0. The van der Waals surface area contributed by atoms with E-state index in [1.165, 1.54) is 0 Å². The topological polar surface area (TPSA) is 35.5 Å². The minimum absolute atomic E-state index is 0.0471. The number of carbonyl (C=O) groups is 1. The van der Waals surface area contributed by atoms with Crippen molar-refractivity contribution in [3.8, 4) is 0 Å². The summed E-state index contributed by atoms with van der Waals surface area (Å²) in [4.78, 5) is 12.2. The second-order valence-electron chi connectivity index (χ2n) is 7.46. The smallest absolute Gasteiger partial charge is 0.418 e. The Morgan fingerprint density at radius 1 is 1.04 bits per heavy atom. The molecule has 0 heterocycles. The van der Waals surface area contributed by atoms with Crippen LogP contribution in [0.4, 0.5) is 22.0 Å². The van der Waals surface area contributed by atoms with Gasteiger partial charge in [0.2, 0.25) is 0 Å². The zero-order valence-electron chi connectivity index (χ0n) is 13.6. The lowest BCUT2D eigenvalue weighted by Crippen LogP contribution is -2.58. The van der Waals surface area contributed by atoms with Crippen LogP contribution in [0, 0.1) is 41.4 Å². The van der Waals surface area contributed by atoms with Crippen molar-refractivity contribution in [3.63, 3.8) is 0 Å². The van der Waals surface area contributed by atoms with Gasteiger partial charge in [-0.25, -0.2) is 8.78 Å². The molecule has 3 nitrogen and oxygen atoms in total. The molecule has 3 aliphatic rings. The number of rotatable bonds is 4. The minimum Gasteiger partial charge on any atom is -0.418 e. The molecule has 138 valence electrons. The van der Waals surface area contributed by atoms with Crippen molar-refractivity contribution in [2.75, 3.05) is 7.11 Å². The lowest BCUT2D eigenvalue weighted by molar-refractivity contribution is -0.396. The molecule has 8 heteroatoms. The molecule has 0 N–H and O–H groups in total. The van der Waals surface area contributed by atoms with Crippen LogP contribution in [-0.4, -0.2) is 31.5 Å². The Kier molecular flexibility index (Phi) is 4.13. The summed E-state index contributed by atoms with van der Waals surface area (Å²) < 4.78 is 73.3. The van der Waals surface area contributed by atoms with Gasteiger partial charge >= 0.3 is 24.4 Å². The summed E-state index contributed by atoms with van der Waals surface area (Å²) in [6, 6.07) is 0. The van der Waals surface area contributed by atoms with Gasteiger partial charge in [0.05, 0.1) is 5.92 Å². The SMILES string of the molecule is COC(OC(=O)C1CC2C3CC(C(C)C3C)C12)(C(F)F)C(F)(F)F. The van der Waals surface area contributed by atoms with E-state index in [-0.39, 0.29) is 11.8 Å². The number of esters is 1. The van der Waals surface area contributed by atoms with Gasteiger partial charge in [-0.3, -0.25) is 4.79 Å². The van der Waals surface area contributed by atoms with Crippen LogP contribution in [0.5, 0.6) is 0 Å². The molecule has 8 atom stereocenters. The van der Waals surface area contributed by atoms with Gasteiger partial charge in [0, 0.05) is 7.11 Å². The van der Waals surface area contributed by atoms with Crippen LogP contribution in [0.25, 0.3) is 0 Å². The number of carbonyl (C=O) groups excluding carboxylic acids is 1. The number of alkyl halides is 5. The lowest BCUT2D eigenvalue weighted by atomic mass is 9.54. The molecular formula is C16H21F5O3. The predicted molar refractivity (Wildman–Crippen MR) is 72.9 cm³/mol. The second kappa shape index (κ2) is 5.54. The van der Waals surface area contributed by atoms with Crippen molar-refractivity contribution in [1.82, 2.24) is 0 Å². The van der Waals surface area contributed by atoms with Crippen LogP contribution in [0.15, 0.2) is 0 Å². The molecule has 0 saturated heterocycles. The number of fused-ring (bicyclic) bond motifs is 5. The van der Waals surface area contributed by atoms with Gasteiger partial charge in [-0.2, -0.15) is 13.2 Å². The van der Waals surface area contributed by atoms with Crippen LogP contribution in [0.3, 0.4) is 0 Å². The van der Waals surface area contributed by atoms with Crippen LogP contribution in [-0.2, 0) is 14.3 Å². The highest BCUT2D eigenvalue weighted by Gasteiger charge is 2.69. The van der Waals surface area contributed by atoms with Crippen molar-refractivity contribution in [2.45, 2.75) is 45.1 Å². The number of methoxy groups -OCH3 is 1. The second-order valence-corrected chi connectivity index (χ2v) is 7.46. The van der Waals surface area contributed by atoms with Gasteiger partial charge in [-0.15, -0.1) is 0 Å². The number of hydrogen-bond donors (Lipinski definition) is 0. The molecule has 0 aromatic rings. The Morgan fingerprint density at radius 3 is 2.12 bits per heavy atom. The van der Waals surface area contributed by atoms with Crippen molar-refractivity contribution >= 4 is 5.97 Å². The first kappa shape index (κ1) is 17.9. The molecule has 0 aromatic heterocycles. The molecule has 0 aliphatic heterocycles. The van der Waals surface area contributed by atoms with E-state index >= 15 is 0 Å². The fraction of sp³-hybridized carbons (Fsp3) is 0.938. The third-order valence-electron chi connectivity index (χ3n) is 6.79. The lowest BCUT2D eigenvalue weighted by Gasteiger charge is -2.50. The van der Waals surface area contributed by atoms with Crippen LogP contribution >= 0.6 is 0 Å². The zero-order valence-corrected chi connectivity index (χ0v) is 13.6. The van der Waals surface area contributed by atoms with Gasteiger partial charge in [0.25, 0.3) is 0 Å². The largest absolute Gasteiger partial charge is 0.461 e. The van der Waals surface area contributed by atoms with Gasteiger partial charge < -0.3 is 9.47 Å². The Balaban J connectivity index is 1.75. The number of halogens is 5. The van der Waals surface area contributed by atoms with Crippen LogP contribution in [0.1, 0.15) is 26.7 Å². The molecule has 8 unspecified atom stereocenters. The molecule has 3 aliphatic carbocycles. The van der Waals surface area contributed by atoms with E-state index in [1.807, 2.05) is 0 Å². The van der Waals surface area contributed by atoms with Crippen LogP contribution in [0.2, 0.25) is 0 Å². The third-order valence-corrected chi connectivity index (χ3v) is 6.79. The monoisotopic (exact) mass is 356 g/mol. The Hall–Kier alpha value is -0.920. The first-order valence-electron chi connectivity index (χ1n) is 8.18. The van der Waals surface area contributed by atoms with Gasteiger partial charge in [0.1, 0.15) is 0 Å². The Labute approximate surface area is 136 Å². The average Bonchev–Trinajstić information content (AvgIpc) is 2.87. The van der Waals surface area contributed by atoms with E-state index < -0.39 is 30.3 Å². The normalized spacial score (nSPS) is 43.3. The molecule has 3 rings (SSSR count). The van der Waals surface area contributed by atoms with Gasteiger partial charge in [-0.1, -0.05) is 13.8 Å². The van der Waals surface area contributed by atoms with Crippen molar-refractivity contribution in [3.05, 3.63) is 0 Å². The van der Waals surface area contributed by atoms with E-state index in [9.17, 15) is 26.7 Å². The fourth-order valence-electron chi connectivity index (χ4n) is 5.33. The zero-order chi connectivity index (χ0) is 18.0. The standard InChI is InChI=1S/C16H21F5O3/c1-6-7(2)9-4-8(6)10-5-11(12(9)10)13(22)24-15(23-3,14(17)18)16(19,20)21/h6-12,14H,4-5H2,1-3H3. The van der Waals surface area contributed by atoms with Crippen LogP contribution < -0.4 is 0 Å². The molecular weight excluding hydrogens is 335 g/mol. The third kappa shape index (κ3) is 2.21. The maximum atomic E-state index is 13.0. The molecule has 0 spiro atoms. The average molecular weight is 356 g/mol. The predicted octanol–water partition coefficient (Wildman–Crippen LogP) is 3.87. The Morgan fingerprint density at radius 2 is 1.62 bits per heavy atom. The summed E-state index contributed by atoms with van der Waals surface area (Å²) in [5.41, 5.74) is 0. The van der Waals surface area contributed by atoms with Gasteiger partial charge in [-0.05, 0) is 48.3 Å². The maximum Gasteiger partial charge on any atom is 0.461 e. The summed E-state index contributed by atoms with van der Waals surface area (Å²) in [5, 5.41) is 0. The summed E-state index contributed by atoms with van der Waals surface area (Å²) in [7, 11) is 0.470. The highest BCUT2D eigenvalue weighted by molar-refractivity contribution is 5.75. The van der Waals surface area contributed by atoms with E-state index in [4.69, 9.17) is 0 Å². The minimum atomic E-state index is -5.51. The van der Waals surface area contributed by atoms with E-state index in [0.717, 1.165) is 6.42 Å². The fourth-order valence-corrected chi connectivity index (χ4v) is 5.33. The number of ether oxygens (including phenoxy) is 2. The molecule has 3 saturated carbocycles. The summed E-state index contributed by atoms with van der Waals surface area (Å²) in [6.45, 7) is 4.24. The Bertz CT molecular complexity index is 522. The molecule has 0 aromatic carbocycles. The first-order valence-corrected chi connectivity index (χ1v) is 8.18. The molecule has 3 fully saturated rings. The first-order chi connectivity index (χ1) is 11.0. The van der Waals surface area contributed by atoms with Gasteiger partial charge in [0.15, 0.2) is 0 Å². The molecule has 0 radical (unpaired) electrons. The highest BCUT2D eigenvalue weighted by atomic mass is 19.4. The van der Waals surface area contributed by atoms with Crippen molar-refractivity contribution < 1.29 is 36.2 Å². The van der Waals surface area contributed by atoms with E-state index in [1.54, 1.807) is 0 Å².